The molecule has 0 spiro atoms. The Morgan fingerprint density at radius 2 is 1.88 bits per heavy atom. The van der Waals surface area contributed by atoms with Crippen molar-refractivity contribution in [1.82, 2.24) is 19.8 Å². The van der Waals surface area contributed by atoms with E-state index in [0.717, 1.165) is 30.8 Å². The standard InChI is InChI=1S/C20H29N5O/c1-5-25(15-17-10-7-6-8-11-17)19(26)18-14-16(2)22-20(23-18)21-12-9-13-24(3)4/h6-8,10-11,14H,5,9,12-13,15H2,1-4H3,(H,21,22,23). The van der Waals surface area contributed by atoms with Gasteiger partial charge < -0.3 is 15.1 Å². The molecule has 140 valence electrons. The highest BCUT2D eigenvalue weighted by molar-refractivity contribution is 5.92. The molecule has 0 aliphatic rings. The molecule has 0 unspecified atom stereocenters. The number of aromatic nitrogens is 2. The van der Waals surface area contributed by atoms with E-state index in [1.165, 1.54) is 0 Å². The maximum atomic E-state index is 12.9. The van der Waals surface area contributed by atoms with Crippen molar-refractivity contribution in [1.29, 1.82) is 0 Å². The van der Waals surface area contributed by atoms with Gasteiger partial charge in [-0.3, -0.25) is 4.79 Å². The van der Waals surface area contributed by atoms with Crippen molar-refractivity contribution in [3.05, 3.63) is 53.3 Å². The van der Waals surface area contributed by atoms with Gasteiger partial charge in [-0.2, -0.15) is 0 Å². The SMILES string of the molecule is CCN(Cc1ccccc1)C(=O)c1cc(C)nc(NCCCN(C)C)n1. The van der Waals surface area contributed by atoms with E-state index in [2.05, 4.69) is 20.2 Å². The highest BCUT2D eigenvalue weighted by atomic mass is 16.2. The molecule has 2 aromatic rings. The Morgan fingerprint density at radius 1 is 1.15 bits per heavy atom. The number of amides is 1. The number of carbonyl (C=O) groups is 1. The third-order valence-electron chi connectivity index (χ3n) is 4.02. The molecular weight excluding hydrogens is 326 g/mol. The monoisotopic (exact) mass is 355 g/mol. The van der Waals surface area contributed by atoms with Crippen LogP contribution in [0.2, 0.25) is 0 Å². The average Bonchev–Trinajstić information content (AvgIpc) is 2.63. The summed E-state index contributed by atoms with van der Waals surface area (Å²) in [5, 5.41) is 3.22. The first-order chi connectivity index (χ1) is 12.5. The lowest BCUT2D eigenvalue weighted by atomic mass is 10.2. The molecule has 6 heteroatoms. The summed E-state index contributed by atoms with van der Waals surface area (Å²) in [7, 11) is 4.10. The second-order valence-corrected chi connectivity index (χ2v) is 6.61. The first-order valence-corrected chi connectivity index (χ1v) is 9.07. The van der Waals surface area contributed by atoms with Crippen LogP contribution in [-0.2, 0) is 6.54 Å². The number of hydrogen-bond donors (Lipinski definition) is 1. The van der Waals surface area contributed by atoms with Gasteiger partial charge in [0.25, 0.3) is 5.91 Å². The summed E-state index contributed by atoms with van der Waals surface area (Å²) in [5.41, 5.74) is 2.33. The highest BCUT2D eigenvalue weighted by Gasteiger charge is 2.17. The fourth-order valence-corrected chi connectivity index (χ4v) is 2.65. The second kappa shape index (κ2) is 9.87. The van der Waals surface area contributed by atoms with Crippen LogP contribution in [0.3, 0.4) is 0 Å². The summed E-state index contributed by atoms with van der Waals surface area (Å²) >= 11 is 0. The number of nitrogens with one attached hydrogen (secondary N) is 1. The zero-order valence-corrected chi connectivity index (χ0v) is 16.2. The quantitative estimate of drug-likeness (QED) is 0.701. The van der Waals surface area contributed by atoms with Crippen molar-refractivity contribution in [3.63, 3.8) is 0 Å². The predicted molar refractivity (Wildman–Crippen MR) is 105 cm³/mol. The van der Waals surface area contributed by atoms with Gasteiger partial charge in [0.15, 0.2) is 0 Å². The number of hydrogen-bond acceptors (Lipinski definition) is 5. The fraction of sp³-hybridized carbons (Fsp3) is 0.450. The van der Waals surface area contributed by atoms with Crippen LogP contribution in [0.5, 0.6) is 0 Å². The van der Waals surface area contributed by atoms with Gasteiger partial charge in [-0.1, -0.05) is 30.3 Å². The predicted octanol–water partition coefficient (Wildman–Crippen LogP) is 2.81. The van der Waals surface area contributed by atoms with E-state index < -0.39 is 0 Å². The molecule has 1 heterocycles. The number of anilines is 1. The Labute approximate surface area is 156 Å². The Kier molecular flexibility index (Phi) is 7.53. The fourth-order valence-electron chi connectivity index (χ4n) is 2.65. The van der Waals surface area contributed by atoms with Crippen LogP contribution in [0, 0.1) is 6.92 Å². The van der Waals surface area contributed by atoms with E-state index in [9.17, 15) is 4.79 Å². The van der Waals surface area contributed by atoms with Gasteiger partial charge in [0.2, 0.25) is 5.95 Å². The van der Waals surface area contributed by atoms with Gasteiger partial charge in [0, 0.05) is 25.3 Å². The molecule has 0 atom stereocenters. The van der Waals surface area contributed by atoms with Crippen molar-refractivity contribution >= 4 is 11.9 Å². The normalized spacial score (nSPS) is 10.8. The smallest absolute Gasteiger partial charge is 0.272 e. The van der Waals surface area contributed by atoms with Crippen molar-refractivity contribution < 1.29 is 4.79 Å². The van der Waals surface area contributed by atoms with Crippen molar-refractivity contribution in [3.8, 4) is 0 Å². The highest BCUT2D eigenvalue weighted by Crippen LogP contribution is 2.11. The van der Waals surface area contributed by atoms with Gasteiger partial charge in [0.1, 0.15) is 5.69 Å². The van der Waals surface area contributed by atoms with Crippen LogP contribution in [0.1, 0.15) is 35.1 Å². The molecule has 0 saturated heterocycles. The number of benzene rings is 1. The molecule has 0 bridgehead atoms. The molecule has 6 nitrogen and oxygen atoms in total. The molecule has 1 N–H and O–H groups in total. The third kappa shape index (κ3) is 6.11. The van der Waals surface area contributed by atoms with Crippen LogP contribution >= 0.6 is 0 Å². The molecule has 1 aromatic carbocycles. The average molecular weight is 355 g/mol. The van der Waals surface area contributed by atoms with Crippen LogP contribution in [-0.4, -0.2) is 59.4 Å². The summed E-state index contributed by atoms with van der Waals surface area (Å²) in [4.78, 5) is 25.7. The van der Waals surface area contributed by atoms with Gasteiger partial charge in [0.05, 0.1) is 0 Å². The topological polar surface area (TPSA) is 61.4 Å². The van der Waals surface area contributed by atoms with Crippen LogP contribution < -0.4 is 5.32 Å². The van der Waals surface area contributed by atoms with Crippen LogP contribution in [0.25, 0.3) is 0 Å². The Hall–Kier alpha value is -2.47. The Balaban J connectivity index is 2.06. The molecule has 0 fully saturated rings. The molecule has 2 rings (SSSR count). The van der Waals surface area contributed by atoms with Crippen LogP contribution in [0.15, 0.2) is 36.4 Å². The Bertz CT molecular complexity index is 703. The van der Waals surface area contributed by atoms with Gasteiger partial charge in [-0.05, 0) is 52.5 Å². The number of carbonyl (C=O) groups excluding carboxylic acids is 1. The summed E-state index contributed by atoms with van der Waals surface area (Å²) in [5.74, 6) is 0.445. The molecule has 26 heavy (non-hydrogen) atoms. The lowest BCUT2D eigenvalue weighted by molar-refractivity contribution is 0.0746. The zero-order valence-electron chi connectivity index (χ0n) is 16.2. The van der Waals surface area contributed by atoms with Gasteiger partial charge in [-0.25, -0.2) is 9.97 Å². The largest absolute Gasteiger partial charge is 0.354 e. The first kappa shape index (κ1) is 19.8. The molecule has 0 aliphatic heterocycles. The van der Waals surface area contributed by atoms with Gasteiger partial charge >= 0.3 is 0 Å². The first-order valence-electron chi connectivity index (χ1n) is 9.07. The van der Waals surface area contributed by atoms with E-state index in [1.807, 2.05) is 58.3 Å². The third-order valence-corrected chi connectivity index (χ3v) is 4.02. The molecule has 0 aliphatic carbocycles. The van der Waals surface area contributed by atoms with E-state index in [1.54, 1.807) is 11.0 Å². The van der Waals surface area contributed by atoms with E-state index in [4.69, 9.17) is 0 Å². The minimum atomic E-state index is -0.0711. The van der Waals surface area contributed by atoms with Crippen molar-refractivity contribution in [2.45, 2.75) is 26.8 Å². The molecular formula is C20H29N5O. The molecule has 1 amide bonds. The van der Waals surface area contributed by atoms with Crippen molar-refractivity contribution in [2.75, 3.05) is 39.0 Å². The second-order valence-electron chi connectivity index (χ2n) is 6.61. The Morgan fingerprint density at radius 3 is 2.54 bits per heavy atom. The molecule has 0 saturated carbocycles. The lowest BCUT2D eigenvalue weighted by Gasteiger charge is -2.21. The lowest BCUT2D eigenvalue weighted by Crippen LogP contribution is -2.31. The zero-order chi connectivity index (χ0) is 18.9. The number of rotatable bonds is 9. The van der Waals surface area contributed by atoms with Gasteiger partial charge in [-0.15, -0.1) is 0 Å². The summed E-state index contributed by atoms with van der Waals surface area (Å²) in [6.07, 6.45) is 0.989. The number of aryl methyl sites for hydroxylation is 1. The van der Waals surface area contributed by atoms with Crippen LogP contribution in [0.4, 0.5) is 5.95 Å². The number of nitrogens with zero attached hydrogens (tertiary/aromatic N) is 4. The van der Waals surface area contributed by atoms with E-state index >= 15 is 0 Å². The summed E-state index contributed by atoms with van der Waals surface area (Å²) in [6, 6.07) is 11.7. The van der Waals surface area contributed by atoms with Crippen molar-refractivity contribution in [2.24, 2.45) is 0 Å². The molecule has 0 radical (unpaired) electrons. The minimum absolute atomic E-state index is 0.0711. The van der Waals surface area contributed by atoms with E-state index in [0.29, 0.717) is 24.7 Å². The molecule has 1 aromatic heterocycles. The summed E-state index contributed by atoms with van der Waals surface area (Å²) in [6.45, 7) is 6.83. The maximum absolute atomic E-state index is 12.9. The maximum Gasteiger partial charge on any atom is 0.272 e. The summed E-state index contributed by atoms with van der Waals surface area (Å²) < 4.78 is 0. The minimum Gasteiger partial charge on any atom is -0.354 e. The van der Waals surface area contributed by atoms with E-state index in [-0.39, 0.29) is 5.91 Å².